The molecular formula is C13H21N3S. The van der Waals surface area contributed by atoms with Crippen molar-refractivity contribution in [3.05, 3.63) is 17.5 Å². The third-order valence-electron chi connectivity index (χ3n) is 3.29. The standard InChI is InChI=1S/C13H21N3S/c1-9-8-10(2)16-13(15-9)17-12-7-5-4-6-11(12)14-3/h8,11-12,14H,4-7H2,1-3H3. The van der Waals surface area contributed by atoms with Crippen LogP contribution in [0.15, 0.2) is 11.2 Å². The van der Waals surface area contributed by atoms with Crippen molar-refractivity contribution >= 4 is 11.8 Å². The molecule has 2 atom stereocenters. The van der Waals surface area contributed by atoms with Gasteiger partial charge in [0.05, 0.1) is 0 Å². The van der Waals surface area contributed by atoms with Gasteiger partial charge in [0.15, 0.2) is 5.16 Å². The van der Waals surface area contributed by atoms with Crippen LogP contribution in [0.2, 0.25) is 0 Å². The van der Waals surface area contributed by atoms with Gasteiger partial charge in [0.25, 0.3) is 0 Å². The first-order valence-electron chi connectivity index (χ1n) is 6.35. The van der Waals surface area contributed by atoms with Gasteiger partial charge < -0.3 is 5.32 Å². The van der Waals surface area contributed by atoms with Gasteiger partial charge in [0.1, 0.15) is 0 Å². The molecule has 4 heteroatoms. The summed E-state index contributed by atoms with van der Waals surface area (Å²) in [4.78, 5) is 9.04. The smallest absolute Gasteiger partial charge is 0.188 e. The second-order valence-electron chi connectivity index (χ2n) is 4.77. The van der Waals surface area contributed by atoms with E-state index in [-0.39, 0.29) is 0 Å². The van der Waals surface area contributed by atoms with Crippen molar-refractivity contribution in [1.29, 1.82) is 0 Å². The highest BCUT2D eigenvalue weighted by atomic mass is 32.2. The van der Waals surface area contributed by atoms with Gasteiger partial charge in [-0.3, -0.25) is 0 Å². The highest BCUT2D eigenvalue weighted by Crippen LogP contribution is 2.32. The van der Waals surface area contributed by atoms with E-state index in [1.54, 1.807) is 0 Å². The quantitative estimate of drug-likeness (QED) is 0.838. The van der Waals surface area contributed by atoms with Crippen molar-refractivity contribution < 1.29 is 0 Å². The van der Waals surface area contributed by atoms with Crippen LogP contribution in [0, 0.1) is 13.8 Å². The van der Waals surface area contributed by atoms with Crippen LogP contribution < -0.4 is 5.32 Å². The Labute approximate surface area is 108 Å². The van der Waals surface area contributed by atoms with Crippen molar-refractivity contribution in [3.63, 3.8) is 0 Å². The van der Waals surface area contributed by atoms with Crippen molar-refractivity contribution in [2.75, 3.05) is 7.05 Å². The second-order valence-corrected chi connectivity index (χ2v) is 5.98. The molecule has 2 unspecified atom stereocenters. The van der Waals surface area contributed by atoms with Crippen LogP contribution in [-0.4, -0.2) is 28.3 Å². The predicted octanol–water partition coefficient (Wildman–Crippen LogP) is 2.72. The van der Waals surface area contributed by atoms with Crippen molar-refractivity contribution in [3.8, 4) is 0 Å². The number of nitrogens with one attached hydrogen (secondary N) is 1. The van der Waals surface area contributed by atoms with Crippen LogP contribution in [0.5, 0.6) is 0 Å². The maximum absolute atomic E-state index is 4.52. The number of hydrogen-bond acceptors (Lipinski definition) is 4. The summed E-state index contributed by atoms with van der Waals surface area (Å²) in [6, 6.07) is 2.64. The lowest BCUT2D eigenvalue weighted by atomic mass is 9.95. The second kappa shape index (κ2) is 5.83. The molecule has 1 aromatic rings. The average molecular weight is 251 g/mol. The number of nitrogens with zero attached hydrogens (tertiary/aromatic N) is 2. The normalized spacial score (nSPS) is 24.9. The Balaban J connectivity index is 2.08. The van der Waals surface area contributed by atoms with Crippen LogP contribution in [0.25, 0.3) is 0 Å². The van der Waals surface area contributed by atoms with E-state index in [1.165, 1.54) is 25.7 Å². The fourth-order valence-corrected chi connectivity index (χ4v) is 3.83. The molecule has 1 aliphatic carbocycles. The minimum absolute atomic E-state index is 0.609. The minimum atomic E-state index is 0.609. The van der Waals surface area contributed by atoms with E-state index in [9.17, 15) is 0 Å². The molecule has 0 aliphatic heterocycles. The van der Waals surface area contributed by atoms with Crippen LogP contribution >= 0.6 is 11.8 Å². The third kappa shape index (κ3) is 3.42. The van der Waals surface area contributed by atoms with Gasteiger partial charge in [0.2, 0.25) is 0 Å². The summed E-state index contributed by atoms with van der Waals surface area (Å²) in [5.74, 6) is 0. The van der Waals surface area contributed by atoms with Gasteiger partial charge >= 0.3 is 0 Å². The molecule has 0 spiro atoms. The van der Waals surface area contributed by atoms with E-state index in [1.807, 2.05) is 31.7 Å². The monoisotopic (exact) mass is 251 g/mol. The first-order valence-corrected chi connectivity index (χ1v) is 7.23. The average Bonchev–Trinajstić information content (AvgIpc) is 2.28. The number of thioether (sulfide) groups is 1. The molecule has 0 radical (unpaired) electrons. The first-order chi connectivity index (χ1) is 8.19. The van der Waals surface area contributed by atoms with Crippen LogP contribution in [0.3, 0.4) is 0 Å². The zero-order valence-corrected chi connectivity index (χ0v) is 11.7. The summed E-state index contributed by atoms with van der Waals surface area (Å²) in [6.45, 7) is 4.07. The molecule has 0 saturated heterocycles. The highest BCUT2D eigenvalue weighted by Gasteiger charge is 2.25. The fourth-order valence-electron chi connectivity index (χ4n) is 2.45. The number of hydrogen-bond donors (Lipinski definition) is 1. The molecule has 0 amide bonds. The summed E-state index contributed by atoms with van der Waals surface area (Å²) in [5, 5.41) is 4.99. The van der Waals surface area contributed by atoms with Crippen LogP contribution in [-0.2, 0) is 0 Å². The number of aromatic nitrogens is 2. The number of rotatable bonds is 3. The van der Waals surface area contributed by atoms with E-state index in [4.69, 9.17) is 0 Å². The lowest BCUT2D eigenvalue weighted by Crippen LogP contribution is -2.38. The molecule has 0 bridgehead atoms. The molecule has 1 aromatic heterocycles. The van der Waals surface area contributed by atoms with Gasteiger partial charge in [-0.15, -0.1) is 0 Å². The van der Waals surface area contributed by atoms with E-state index >= 15 is 0 Å². The maximum atomic E-state index is 4.52. The topological polar surface area (TPSA) is 37.8 Å². The van der Waals surface area contributed by atoms with Crippen molar-refractivity contribution in [2.45, 2.75) is 56.0 Å². The predicted molar refractivity (Wildman–Crippen MR) is 72.5 cm³/mol. The molecule has 1 fully saturated rings. The van der Waals surface area contributed by atoms with E-state index in [0.717, 1.165) is 16.5 Å². The van der Waals surface area contributed by atoms with E-state index < -0.39 is 0 Å². The highest BCUT2D eigenvalue weighted by molar-refractivity contribution is 7.99. The van der Waals surface area contributed by atoms with Crippen LogP contribution in [0.4, 0.5) is 0 Å². The van der Waals surface area contributed by atoms with Crippen molar-refractivity contribution in [1.82, 2.24) is 15.3 Å². The van der Waals surface area contributed by atoms with E-state index in [0.29, 0.717) is 11.3 Å². The summed E-state index contributed by atoms with van der Waals surface area (Å²) >= 11 is 1.84. The lowest BCUT2D eigenvalue weighted by Gasteiger charge is -2.30. The molecule has 2 rings (SSSR count). The Hall–Kier alpha value is -0.610. The zero-order chi connectivity index (χ0) is 12.3. The largest absolute Gasteiger partial charge is 0.316 e. The van der Waals surface area contributed by atoms with Gasteiger partial charge in [-0.1, -0.05) is 24.6 Å². The molecular weight excluding hydrogens is 230 g/mol. The minimum Gasteiger partial charge on any atom is -0.316 e. The summed E-state index contributed by atoms with van der Waals surface area (Å²) in [6.07, 6.45) is 5.22. The summed E-state index contributed by atoms with van der Waals surface area (Å²) < 4.78 is 0. The Morgan fingerprint density at radius 1 is 1.18 bits per heavy atom. The molecule has 1 aliphatic rings. The van der Waals surface area contributed by atoms with Gasteiger partial charge in [0, 0.05) is 22.7 Å². The SMILES string of the molecule is CNC1CCCCC1Sc1nc(C)cc(C)n1. The van der Waals surface area contributed by atoms with Crippen molar-refractivity contribution in [2.24, 2.45) is 0 Å². The molecule has 17 heavy (non-hydrogen) atoms. The summed E-state index contributed by atoms with van der Waals surface area (Å²) in [7, 11) is 2.06. The molecule has 1 heterocycles. The molecule has 94 valence electrons. The Kier molecular flexibility index (Phi) is 4.40. The lowest BCUT2D eigenvalue weighted by molar-refractivity contribution is 0.405. The van der Waals surface area contributed by atoms with Crippen LogP contribution in [0.1, 0.15) is 37.1 Å². The molecule has 1 N–H and O–H groups in total. The fraction of sp³-hybridized carbons (Fsp3) is 0.692. The number of aryl methyl sites for hydroxylation is 2. The Morgan fingerprint density at radius 3 is 2.47 bits per heavy atom. The Morgan fingerprint density at radius 2 is 1.82 bits per heavy atom. The maximum Gasteiger partial charge on any atom is 0.188 e. The zero-order valence-electron chi connectivity index (χ0n) is 10.9. The molecule has 3 nitrogen and oxygen atoms in total. The van der Waals surface area contributed by atoms with Gasteiger partial charge in [-0.25, -0.2) is 9.97 Å². The van der Waals surface area contributed by atoms with E-state index in [2.05, 4.69) is 22.3 Å². The van der Waals surface area contributed by atoms with Gasteiger partial charge in [-0.2, -0.15) is 0 Å². The van der Waals surface area contributed by atoms with Gasteiger partial charge in [-0.05, 0) is 39.8 Å². The molecule has 0 aromatic carbocycles. The summed E-state index contributed by atoms with van der Waals surface area (Å²) in [5.41, 5.74) is 2.13. The Bertz CT molecular complexity index is 361. The molecule has 1 saturated carbocycles. The first kappa shape index (κ1) is 12.8. The third-order valence-corrected chi connectivity index (χ3v) is 4.55.